The van der Waals surface area contributed by atoms with Gasteiger partial charge >= 0.3 is 5.97 Å². The lowest BCUT2D eigenvalue weighted by Crippen LogP contribution is -2.36. The number of nitrogens with two attached hydrogens (primary N) is 1. The van der Waals surface area contributed by atoms with Crippen LogP contribution in [0.25, 0.3) is 0 Å². The molecule has 1 amide bonds. The molecular weight excluding hydrogens is 302 g/mol. The molecule has 0 saturated carbocycles. The number of aliphatic carboxylic acids is 1. The maximum Gasteiger partial charge on any atom is 0.303 e. The molecule has 1 aromatic carbocycles. The lowest BCUT2D eigenvalue weighted by atomic mass is 9.86. The van der Waals surface area contributed by atoms with E-state index in [1.807, 2.05) is 0 Å². The number of anilines is 2. The number of nitrogen functional groups attached to an aromatic ring is 1. The van der Waals surface area contributed by atoms with Crippen molar-refractivity contribution in [1.82, 2.24) is 0 Å². The lowest BCUT2D eigenvalue weighted by molar-refractivity contribution is -0.383. The minimum absolute atomic E-state index is 0.0279. The molecule has 1 aromatic rings. The Labute approximate surface area is 133 Å². The lowest BCUT2D eigenvalue weighted by Gasteiger charge is -2.20. The van der Waals surface area contributed by atoms with Gasteiger partial charge in [0.05, 0.1) is 16.0 Å². The first-order valence-electron chi connectivity index (χ1n) is 7.28. The van der Waals surface area contributed by atoms with E-state index < -0.39 is 16.3 Å². The van der Waals surface area contributed by atoms with E-state index in [9.17, 15) is 19.7 Å². The average molecular weight is 321 g/mol. The highest BCUT2D eigenvalue weighted by Crippen LogP contribution is 2.45. The van der Waals surface area contributed by atoms with Gasteiger partial charge in [0.1, 0.15) is 5.69 Å². The van der Waals surface area contributed by atoms with Crippen LogP contribution in [-0.4, -0.2) is 28.5 Å². The van der Waals surface area contributed by atoms with E-state index >= 15 is 0 Å². The van der Waals surface area contributed by atoms with Gasteiger partial charge in [0.2, 0.25) is 5.91 Å². The second-order valence-electron chi connectivity index (χ2n) is 6.12. The maximum atomic E-state index is 12.6. The van der Waals surface area contributed by atoms with Gasteiger partial charge in [0.25, 0.3) is 5.69 Å². The molecule has 8 heteroatoms. The van der Waals surface area contributed by atoms with Crippen molar-refractivity contribution in [3.63, 3.8) is 0 Å². The van der Waals surface area contributed by atoms with Crippen molar-refractivity contribution >= 4 is 28.9 Å². The van der Waals surface area contributed by atoms with Crippen molar-refractivity contribution in [1.29, 1.82) is 0 Å². The van der Waals surface area contributed by atoms with Gasteiger partial charge in [-0.3, -0.25) is 19.7 Å². The number of nitrogens with zero attached hydrogens (tertiary/aromatic N) is 2. The average Bonchev–Trinajstić information content (AvgIpc) is 2.63. The van der Waals surface area contributed by atoms with Gasteiger partial charge in [-0.2, -0.15) is 0 Å². The number of hydrogen-bond acceptors (Lipinski definition) is 5. The van der Waals surface area contributed by atoms with Gasteiger partial charge in [-0.25, -0.2) is 0 Å². The van der Waals surface area contributed by atoms with Crippen molar-refractivity contribution in [2.75, 3.05) is 17.2 Å². The topological polar surface area (TPSA) is 127 Å². The van der Waals surface area contributed by atoms with Gasteiger partial charge in [0.15, 0.2) is 0 Å². The Morgan fingerprint density at radius 1 is 1.39 bits per heavy atom. The number of unbranched alkanes of at least 4 members (excludes halogenated alkanes) is 1. The van der Waals surface area contributed by atoms with Gasteiger partial charge in [-0.05, 0) is 38.3 Å². The number of nitro benzene ring substituents is 1. The Morgan fingerprint density at radius 3 is 2.61 bits per heavy atom. The van der Waals surface area contributed by atoms with Crippen LogP contribution in [0, 0.1) is 10.1 Å². The van der Waals surface area contributed by atoms with E-state index in [1.54, 1.807) is 13.8 Å². The normalized spacial score (nSPS) is 15.6. The summed E-state index contributed by atoms with van der Waals surface area (Å²) in [7, 11) is 0. The van der Waals surface area contributed by atoms with Crippen LogP contribution in [0.2, 0.25) is 0 Å². The zero-order valence-corrected chi connectivity index (χ0v) is 13.0. The van der Waals surface area contributed by atoms with Crippen molar-refractivity contribution in [2.45, 2.75) is 38.5 Å². The third-order valence-corrected chi connectivity index (χ3v) is 4.11. The molecule has 23 heavy (non-hydrogen) atoms. The first kappa shape index (κ1) is 16.7. The summed E-state index contributed by atoms with van der Waals surface area (Å²) >= 11 is 0. The summed E-state index contributed by atoms with van der Waals surface area (Å²) in [4.78, 5) is 35.1. The third kappa shape index (κ3) is 2.96. The molecule has 0 radical (unpaired) electrons. The second-order valence-corrected chi connectivity index (χ2v) is 6.12. The highest BCUT2D eigenvalue weighted by atomic mass is 16.6. The number of carbonyl (C=O) groups excluding carboxylic acids is 1. The zero-order valence-electron chi connectivity index (χ0n) is 13.0. The van der Waals surface area contributed by atoms with Crippen LogP contribution in [-0.2, 0) is 15.0 Å². The number of hydrogen-bond donors (Lipinski definition) is 2. The predicted molar refractivity (Wildman–Crippen MR) is 84.4 cm³/mol. The zero-order chi connectivity index (χ0) is 17.4. The first-order chi connectivity index (χ1) is 10.7. The van der Waals surface area contributed by atoms with Crippen LogP contribution in [0.15, 0.2) is 12.1 Å². The van der Waals surface area contributed by atoms with E-state index in [4.69, 9.17) is 10.8 Å². The summed E-state index contributed by atoms with van der Waals surface area (Å²) in [5, 5.41) is 19.7. The number of fused-ring (bicyclic) bond motifs is 1. The monoisotopic (exact) mass is 321 g/mol. The highest BCUT2D eigenvalue weighted by Gasteiger charge is 2.44. The smallest absolute Gasteiger partial charge is 0.303 e. The van der Waals surface area contributed by atoms with Crippen LogP contribution in [0.3, 0.4) is 0 Å². The van der Waals surface area contributed by atoms with E-state index in [-0.39, 0.29) is 23.7 Å². The molecule has 1 aliphatic rings. The molecule has 8 nitrogen and oxygen atoms in total. The number of benzene rings is 1. The molecule has 0 atom stereocenters. The SMILES string of the molecule is CC1(C)C(=O)N(CCCCC(=O)O)c2cc([N+](=O)[O-])c(N)cc21. The molecule has 1 aliphatic heterocycles. The third-order valence-electron chi connectivity index (χ3n) is 4.11. The number of amides is 1. The summed E-state index contributed by atoms with van der Waals surface area (Å²) in [5.74, 6) is -1.05. The predicted octanol–water partition coefficient (Wildman–Crippen LogP) is 2.06. The summed E-state index contributed by atoms with van der Waals surface area (Å²) in [6.45, 7) is 3.82. The molecule has 0 unspecified atom stereocenters. The Bertz CT molecular complexity index is 684. The Hall–Kier alpha value is -2.64. The molecule has 3 N–H and O–H groups in total. The largest absolute Gasteiger partial charge is 0.481 e. The fourth-order valence-electron chi connectivity index (χ4n) is 2.81. The Kier molecular flexibility index (Phi) is 4.26. The number of nitro groups is 1. The van der Waals surface area contributed by atoms with E-state index in [1.165, 1.54) is 17.0 Å². The van der Waals surface area contributed by atoms with Crippen LogP contribution in [0.4, 0.5) is 17.1 Å². The molecular formula is C15H19N3O5. The molecule has 0 spiro atoms. The Balaban J connectivity index is 2.33. The molecule has 0 fully saturated rings. The molecule has 1 heterocycles. The van der Waals surface area contributed by atoms with Gasteiger partial charge < -0.3 is 15.7 Å². The maximum absolute atomic E-state index is 12.6. The number of rotatable bonds is 6. The highest BCUT2D eigenvalue weighted by molar-refractivity contribution is 6.08. The molecule has 0 saturated heterocycles. The van der Waals surface area contributed by atoms with Gasteiger partial charge in [-0.15, -0.1) is 0 Å². The van der Waals surface area contributed by atoms with E-state index in [0.29, 0.717) is 30.6 Å². The molecule has 124 valence electrons. The minimum atomic E-state index is -0.887. The summed E-state index contributed by atoms with van der Waals surface area (Å²) in [6.07, 6.45) is 0.970. The first-order valence-corrected chi connectivity index (χ1v) is 7.28. The number of carboxylic acids is 1. The second kappa shape index (κ2) is 5.86. The summed E-state index contributed by atoms with van der Waals surface area (Å²) in [6, 6.07) is 2.82. The van der Waals surface area contributed by atoms with Crippen molar-refractivity contribution < 1.29 is 19.6 Å². The van der Waals surface area contributed by atoms with Crippen LogP contribution in [0.1, 0.15) is 38.7 Å². The van der Waals surface area contributed by atoms with E-state index in [2.05, 4.69) is 0 Å². The van der Waals surface area contributed by atoms with Crippen LogP contribution >= 0.6 is 0 Å². The fourth-order valence-corrected chi connectivity index (χ4v) is 2.81. The van der Waals surface area contributed by atoms with Crippen molar-refractivity contribution in [3.8, 4) is 0 Å². The number of carbonyl (C=O) groups is 2. The number of carboxylic acid groups (broad SMARTS) is 1. The van der Waals surface area contributed by atoms with Gasteiger partial charge in [-0.1, -0.05) is 0 Å². The van der Waals surface area contributed by atoms with Crippen LogP contribution < -0.4 is 10.6 Å². The quantitative estimate of drug-likeness (QED) is 0.357. The molecule has 0 aliphatic carbocycles. The van der Waals surface area contributed by atoms with E-state index in [0.717, 1.165) is 0 Å². The summed E-state index contributed by atoms with van der Waals surface area (Å²) < 4.78 is 0. The molecule has 0 bridgehead atoms. The fraction of sp³-hybridized carbons (Fsp3) is 0.467. The summed E-state index contributed by atoms with van der Waals surface area (Å²) in [5.41, 5.74) is 5.85. The van der Waals surface area contributed by atoms with Crippen molar-refractivity contribution in [2.24, 2.45) is 0 Å². The van der Waals surface area contributed by atoms with Crippen molar-refractivity contribution in [3.05, 3.63) is 27.8 Å². The molecule has 0 aromatic heterocycles. The molecule has 2 rings (SSSR count). The van der Waals surface area contributed by atoms with Crippen LogP contribution in [0.5, 0.6) is 0 Å². The Morgan fingerprint density at radius 2 is 2.04 bits per heavy atom. The van der Waals surface area contributed by atoms with Gasteiger partial charge in [0, 0.05) is 19.0 Å². The minimum Gasteiger partial charge on any atom is -0.481 e. The standard InChI is InChI=1S/C15H19N3O5/c1-15(2)9-7-10(16)12(18(22)23)8-11(9)17(14(15)21)6-4-3-5-13(19)20/h7-8H,3-6,16H2,1-2H3,(H,19,20).